The SMILES string of the molecule is CN(Cc1nccn1C)c1nccc(C(N)=S)n1. The molecule has 0 atom stereocenters. The molecule has 94 valence electrons. The monoisotopic (exact) mass is 262 g/mol. The number of anilines is 1. The molecule has 2 aromatic heterocycles. The summed E-state index contributed by atoms with van der Waals surface area (Å²) in [6.07, 6.45) is 5.30. The van der Waals surface area contributed by atoms with E-state index in [-0.39, 0.29) is 4.99 Å². The minimum absolute atomic E-state index is 0.268. The van der Waals surface area contributed by atoms with Crippen molar-refractivity contribution in [1.29, 1.82) is 0 Å². The molecule has 0 spiro atoms. The minimum atomic E-state index is 0.268. The second-order valence-electron chi connectivity index (χ2n) is 3.92. The summed E-state index contributed by atoms with van der Waals surface area (Å²) >= 11 is 4.90. The molecule has 0 aliphatic rings. The van der Waals surface area contributed by atoms with Gasteiger partial charge in [-0.2, -0.15) is 0 Å². The maximum absolute atomic E-state index is 5.55. The Morgan fingerprint density at radius 3 is 2.83 bits per heavy atom. The van der Waals surface area contributed by atoms with Crippen LogP contribution in [-0.2, 0) is 13.6 Å². The number of hydrogen-bond donors (Lipinski definition) is 1. The molecule has 7 heteroatoms. The number of nitrogens with zero attached hydrogens (tertiary/aromatic N) is 5. The van der Waals surface area contributed by atoms with E-state index in [1.807, 2.05) is 29.8 Å². The van der Waals surface area contributed by atoms with Gasteiger partial charge in [-0.05, 0) is 6.07 Å². The van der Waals surface area contributed by atoms with Crippen LogP contribution in [0.2, 0.25) is 0 Å². The number of nitrogens with two attached hydrogens (primary N) is 1. The standard InChI is InChI=1S/C11H14N6S/c1-16-6-5-13-9(16)7-17(2)11-14-4-3-8(15-11)10(12)18/h3-6H,7H2,1-2H3,(H2,12,18). The first-order chi connectivity index (χ1) is 8.58. The normalized spacial score (nSPS) is 10.3. The van der Waals surface area contributed by atoms with Crippen molar-refractivity contribution in [3.8, 4) is 0 Å². The Morgan fingerprint density at radius 2 is 2.22 bits per heavy atom. The number of aryl methyl sites for hydroxylation is 1. The van der Waals surface area contributed by atoms with Gasteiger partial charge in [0.15, 0.2) is 0 Å². The van der Waals surface area contributed by atoms with Crippen LogP contribution in [0.5, 0.6) is 0 Å². The highest BCUT2D eigenvalue weighted by molar-refractivity contribution is 7.80. The van der Waals surface area contributed by atoms with Gasteiger partial charge in [-0.25, -0.2) is 15.0 Å². The molecule has 0 bridgehead atoms. The molecule has 0 fully saturated rings. The summed E-state index contributed by atoms with van der Waals surface area (Å²) in [5.74, 6) is 1.50. The number of rotatable bonds is 4. The third-order valence-electron chi connectivity index (χ3n) is 2.54. The summed E-state index contributed by atoms with van der Waals surface area (Å²) in [7, 11) is 3.84. The molecule has 2 aromatic rings. The number of aromatic nitrogens is 4. The molecule has 0 saturated carbocycles. The molecule has 0 aliphatic carbocycles. The van der Waals surface area contributed by atoms with E-state index in [9.17, 15) is 0 Å². The van der Waals surface area contributed by atoms with Crippen molar-refractivity contribution in [2.75, 3.05) is 11.9 Å². The van der Waals surface area contributed by atoms with E-state index in [2.05, 4.69) is 15.0 Å². The second kappa shape index (κ2) is 5.09. The molecule has 0 aliphatic heterocycles. The Labute approximate surface area is 110 Å². The quantitative estimate of drug-likeness (QED) is 0.808. The Hall–Kier alpha value is -2.02. The fourth-order valence-electron chi connectivity index (χ4n) is 1.50. The van der Waals surface area contributed by atoms with Crippen molar-refractivity contribution in [3.05, 3.63) is 36.2 Å². The van der Waals surface area contributed by atoms with Crippen molar-refractivity contribution >= 4 is 23.2 Å². The van der Waals surface area contributed by atoms with Crippen LogP contribution in [0.4, 0.5) is 5.95 Å². The predicted molar refractivity (Wildman–Crippen MR) is 73.2 cm³/mol. The molecule has 0 radical (unpaired) electrons. The van der Waals surface area contributed by atoms with Crippen LogP contribution < -0.4 is 10.6 Å². The van der Waals surface area contributed by atoms with Gasteiger partial charge in [-0.3, -0.25) is 0 Å². The lowest BCUT2D eigenvalue weighted by atomic mass is 10.4. The predicted octanol–water partition coefficient (Wildman–Crippen LogP) is 0.481. The van der Waals surface area contributed by atoms with Crippen LogP contribution in [0, 0.1) is 0 Å². The molecule has 2 rings (SSSR count). The molecule has 0 saturated heterocycles. The third kappa shape index (κ3) is 2.62. The van der Waals surface area contributed by atoms with Crippen LogP contribution >= 0.6 is 12.2 Å². The molecule has 6 nitrogen and oxygen atoms in total. The molecular weight excluding hydrogens is 248 g/mol. The van der Waals surface area contributed by atoms with Gasteiger partial charge in [0.05, 0.1) is 6.54 Å². The van der Waals surface area contributed by atoms with E-state index in [1.165, 1.54) is 0 Å². The summed E-state index contributed by atoms with van der Waals surface area (Å²) in [6.45, 7) is 0.615. The molecule has 2 heterocycles. The first-order valence-electron chi connectivity index (χ1n) is 5.38. The lowest BCUT2D eigenvalue weighted by molar-refractivity contribution is 0.746. The summed E-state index contributed by atoms with van der Waals surface area (Å²) < 4.78 is 1.95. The second-order valence-corrected chi connectivity index (χ2v) is 4.36. The summed E-state index contributed by atoms with van der Waals surface area (Å²) in [4.78, 5) is 14.9. The fraction of sp³-hybridized carbons (Fsp3) is 0.273. The number of hydrogen-bond acceptors (Lipinski definition) is 5. The highest BCUT2D eigenvalue weighted by atomic mass is 32.1. The Kier molecular flexibility index (Phi) is 3.52. The molecular formula is C11H14N6S. The largest absolute Gasteiger partial charge is 0.388 e. The Morgan fingerprint density at radius 1 is 1.44 bits per heavy atom. The van der Waals surface area contributed by atoms with Gasteiger partial charge in [0, 0.05) is 32.7 Å². The van der Waals surface area contributed by atoms with Crippen molar-refractivity contribution in [3.63, 3.8) is 0 Å². The lowest BCUT2D eigenvalue weighted by Crippen LogP contribution is -2.22. The van der Waals surface area contributed by atoms with Crippen molar-refractivity contribution < 1.29 is 0 Å². The van der Waals surface area contributed by atoms with Gasteiger partial charge in [0.1, 0.15) is 16.5 Å². The summed E-state index contributed by atoms with van der Waals surface area (Å²) in [6, 6.07) is 1.69. The number of thiocarbonyl (C=S) groups is 1. The maximum atomic E-state index is 5.55. The van der Waals surface area contributed by atoms with E-state index in [4.69, 9.17) is 18.0 Å². The third-order valence-corrected chi connectivity index (χ3v) is 2.75. The first kappa shape index (κ1) is 12.4. The average Bonchev–Trinajstić information content (AvgIpc) is 2.75. The summed E-state index contributed by atoms with van der Waals surface area (Å²) in [5.41, 5.74) is 6.12. The molecule has 0 aromatic carbocycles. The van der Waals surface area contributed by atoms with Crippen molar-refractivity contribution in [2.45, 2.75) is 6.54 Å². The van der Waals surface area contributed by atoms with Crippen LogP contribution in [-0.4, -0.2) is 31.6 Å². The van der Waals surface area contributed by atoms with E-state index >= 15 is 0 Å². The van der Waals surface area contributed by atoms with E-state index < -0.39 is 0 Å². The van der Waals surface area contributed by atoms with Gasteiger partial charge in [-0.15, -0.1) is 0 Å². The van der Waals surface area contributed by atoms with Crippen molar-refractivity contribution in [1.82, 2.24) is 19.5 Å². The fourth-order valence-corrected chi connectivity index (χ4v) is 1.61. The Balaban J connectivity index is 2.18. The molecule has 0 unspecified atom stereocenters. The van der Waals surface area contributed by atoms with Crippen LogP contribution in [0.15, 0.2) is 24.7 Å². The molecule has 2 N–H and O–H groups in total. The zero-order valence-electron chi connectivity index (χ0n) is 10.2. The zero-order valence-corrected chi connectivity index (χ0v) is 11.1. The Bertz CT molecular complexity index is 564. The van der Waals surface area contributed by atoms with Crippen molar-refractivity contribution in [2.24, 2.45) is 12.8 Å². The van der Waals surface area contributed by atoms with Gasteiger partial charge in [0.2, 0.25) is 5.95 Å². The van der Waals surface area contributed by atoms with E-state index in [0.29, 0.717) is 18.2 Å². The van der Waals surface area contributed by atoms with Crippen LogP contribution in [0.1, 0.15) is 11.5 Å². The highest BCUT2D eigenvalue weighted by Gasteiger charge is 2.09. The van der Waals surface area contributed by atoms with Gasteiger partial charge in [-0.1, -0.05) is 12.2 Å². The van der Waals surface area contributed by atoms with Gasteiger partial charge < -0.3 is 15.2 Å². The molecule has 0 amide bonds. The summed E-state index contributed by atoms with van der Waals surface area (Å²) in [5, 5.41) is 0. The lowest BCUT2D eigenvalue weighted by Gasteiger charge is -2.16. The smallest absolute Gasteiger partial charge is 0.226 e. The van der Waals surface area contributed by atoms with Crippen LogP contribution in [0.25, 0.3) is 0 Å². The van der Waals surface area contributed by atoms with Gasteiger partial charge >= 0.3 is 0 Å². The van der Waals surface area contributed by atoms with Gasteiger partial charge in [0.25, 0.3) is 0 Å². The van der Waals surface area contributed by atoms with E-state index in [0.717, 1.165) is 5.82 Å². The number of imidazole rings is 1. The average molecular weight is 262 g/mol. The maximum Gasteiger partial charge on any atom is 0.226 e. The zero-order chi connectivity index (χ0) is 13.1. The van der Waals surface area contributed by atoms with E-state index in [1.54, 1.807) is 18.5 Å². The van der Waals surface area contributed by atoms with Crippen LogP contribution in [0.3, 0.4) is 0 Å². The molecule has 18 heavy (non-hydrogen) atoms. The minimum Gasteiger partial charge on any atom is -0.388 e. The topological polar surface area (TPSA) is 72.9 Å². The highest BCUT2D eigenvalue weighted by Crippen LogP contribution is 2.09. The first-order valence-corrected chi connectivity index (χ1v) is 5.79.